The quantitative estimate of drug-likeness (QED) is 0.344. The average Bonchev–Trinajstić information content (AvgIpc) is 3.43. The van der Waals surface area contributed by atoms with Crippen LogP contribution >= 0.6 is 0 Å². The van der Waals surface area contributed by atoms with Crippen molar-refractivity contribution in [2.45, 2.75) is 24.5 Å². The van der Waals surface area contributed by atoms with Crippen LogP contribution in [0.2, 0.25) is 0 Å². The van der Waals surface area contributed by atoms with E-state index in [1.165, 1.54) is 17.0 Å². The average molecular weight is 469 g/mol. The third kappa shape index (κ3) is 3.06. The van der Waals surface area contributed by atoms with Crippen LogP contribution in [0.1, 0.15) is 16.7 Å². The van der Waals surface area contributed by atoms with Crippen LogP contribution in [0, 0.1) is 11.8 Å². The van der Waals surface area contributed by atoms with Gasteiger partial charge in [-0.1, -0.05) is 54.6 Å². The number of phenols is 2. The van der Waals surface area contributed by atoms with Gasteiger partial charge in [0.25, 0.3) is 0 Å². The summed E-state index contributed by atoms with van der Waals surface area (Å²) in [5, 5.41) is 25.9. The SMILES string of the molecule is O=C1[C@@H]2[C@@H](C(=O)N1Cc1ccccc1)[C@@]1(N[C@@H]2Cc2ccc(O)c(O)c2)C(=O)Nc2ccccc21. The molecule has 3 aromatic carbocycles. The zero-order chi connectivity index (χ0) is 24.3. The Bertz CT molecular complexity index is 1370. The number of likely N-dealkylation sites (tertiary alicyclic amines) is 1. The van der Waals surface area contributed by atoms with Crippen molar-refractivity contribution < 1.29 is 24.6 Å². The molecule has 3 aliphatic heterocycles. The highest BCUT2D eigenvalue weighted by Gasteiger charge is 2.70. The van der Waals surface area contributed by atoms with Crippen molar-refractivity contribution in [3.63, 3.8) is 0 Å². The molecule has 4 atom stereocenters. The lowest BCUT2D eigenvalue weighted by Crippen LogP contribution is -2.53. The predicted molar refractivity (Wildman–Crippen MR) is 126 cm³/mol. The molecule has 0 saturated carbocycles. The van der Waals surface area contributed by atoms with Crippen molar-refractivity contribution >= 4 is 23.4 Å². The first-order valence-electron chi connectivity index (χ1n) is 11.5. The minimum atomic E-state index is -1.37. The largest absolute Gasteiger partial charge is 0.504 e. The van der Waals surface area contributed by atoms with Crippen molar-refractivity contribution in [2.75, 3.05) is 5.32 Å². The molecule has 0 bridgehead atoms. The highest BCUT2D eigenvalue weighted by Crippen LogP contribution is 2.53. The molecule has 0 aromatic heterocycles. The van der Waals surface area contributed by atoms with Gasteiger partial charge < -0.3 is 15.5 Å². The first-order chi connectivity index (χ1) is 16.9. The molecule has 3 heterocycles. The van der Waals surface area contributed by atoms with Gasteiger partial charge in [-0.25, -0.2) is 0 Å². The highest BCUT2D eigenvalue weighted by atomic mass is 16.3. The maximum Gasteiger partial charge on any atom is 0.250 e. The molecule has 0 unspecified atom stereocenters. The maximum atomic E-state index is 13.8. The molecule has 4 N–H and O–H groups in total. The Morgan fingerprint density at radius 1 is 0.829 bits per heavy atom. The molecule has 6 rings (SSSR count). The van der Waals surface area contributed by atoms with E-state index in [1.54, 1.807) is 12.1 Å². The van der Waals surface area contributed by atoms with Crippen LogP contribution in [-0.4, -0.2) is 38.9 Å². The molecule has 2 saturated heterocycles. The lowest BCUT2D eigenvalue weighted by atomic mass is 9.76. The summed E-state index contributed by atoms with van der Waals surface area (Å²) >= 11 is 0. The number of imide groups is 1. The summed E-state index contributed by atoms with van der Waals surface area (Å²) in [7, 11) is 0. The van der Waals surface area contributed by atoms with Crippen LogP contribution in [-0.2, 0) is 32.9 Å². The smallest absolute Gasteiger partial charge is 0.250 e. The number of nitrogens with zero attached hydrogens (tertiary/aromatic N) is 1. The third-order valence-corrected chi connectivity index (χ3v) is 7.39. The number of aromatic hydroxyl groups is 2. The van der Waals surface area contributed by atoms with Gasteiger partial charge in [0.1, 0.15) is 5.54 Å². The summed E-state index contributed by atoms with van der Waals surface area (Å²) in [6.07, 6.45) is 0.282. The van der Waals surface area contributed by atoms with Crippen molar-refractivity contribution in [2.24, 2.45) is 11.8 Å². The van der Waals surface area contributed by atoms with Crippen LogP contribution in [0.5, 0.6) is 11.5 Å². The second-order valence-electron chi connectivity index (χ2n) is 9.34. The van der Waals surface area contributed by atoms with Crippen LogP contribution in [0.25, 0.3) is 0 Å². The molecule has 1 spiro atoms. The molecule has 3 aliphatic rings. The number of benzene rings is 3. The monoisotopic (exact) mass is 469 g/mol. The minimum Gasteiger partial charge on any atom is -0.504 e. The molecule has 3 aromatic rings. The molecule has 3 amide bonds. The summed E-state index contributed by atoms with van der Waals surface area (Å²) in [6, 6.07) is 20.4. The molecule has 0 radical (unpaired) electrons. The van der Waals surface area contributed by atoms with Crippen molar-refractivity contribution in [1.82, 2.24) is 10.2 Å². The Labute approximate surface area is 201 Å². The first kappa shape index (κ1) is 21.4. The third-order valence-electron chi connectivity index (χ3n) is 7.39. The van der Waals surface area contributed by atoms with Gasteiger partial charge in [-0.05, 0) is 35.7 Å². The normalized spacial score (nSPS) is 26.8. The number of nitrogens with one attached hydrogen (secondary N) is 2. The van der Waals surface area contributed by atoms with Crippen LogP contribution in [0.15, 0.2) is 72.8 Å². The molecule has 176 valence electrons. The van der Waals surface area contributed by atoms with E-state index in [1.807, 2.05) is 48.5 Å². The number of phenolic OH excluding ortho intramolecular Hbond substituents is 2. The number of hydrogen-bond acceptors (Lipinski definition) is 6. The molecule has 0 aliphatic carbocycles. The van der Waals surface area contributed by atoms with Gasteiger partial charge >= 0.3 is 0 Å². The summed E-state index contributed by atoms with van der Waals surface area (Å²) in [4.78, 5) is 42.3. The van der Waals surface area contributed by atoms with E-state index < -0.39 is 23.4 Å². The predicted octanol–water partition coefficient (Wildman–Crippen LogP) is 2.26. The molecular weight excluding hydrogens is 446 g/mol. The van der Waals surface area contributed by atoms with Gasteiger partial charge in [-0.15, -0.1) is 0 Å². The fraction of sp³-hybridized carbons (Fsp3) is 0.222. The zero-order valence-electron chi connectivity index (χ0n) is 18.6. The van der Waals surface area contributed by atoms with Gasteiger partial charge in [-0.2, -0.15) is 0 Å². The van der Waals surface area contributed by atoms with Crippen LogP contribution in [0.3, 0.4) is 0 Å². The lowest BCUT2D eigenvalue weighted by Gasteiger charge is -2.29. The van der Waals surface area contributed by atoms with Crippen LogP contribution in [0.4, 0.5) is 5.69 Å². The molecular formula is C27H23N3O5. The van der Waals surface area contributed by atoms with Gasteiger partial charge in [0.2, 0.25) is 17.7 Å². The second kappa shape index (κ2) is 7.68. The topological polar surface area (TPSA) is 119 Å². The Hall–Kier alpha value is -4.17. The Kier molecular flexibility index (Phi) is 4.69. The number of hydrogen-bond donors (Lipinski definition) is 4. The standard InChI is InChI=1S/C27H23N3O5/c31-20-11-10-16(13-21(20)32)12-19-22-23(25(34)30(24(22)33)14-15-6-2-1-3-7-15)27(29-19)17-8-4-5-9-18(17)28-26(27)35/h1-11,13,19,22-23,29,31-32H,12,14H2,(H,28,35)/t19-,22+,23+,27-/m1/s1. The fourth-order valence-electron chi connectivity index (χ4n) is 5.86. The van der Waals surface area contributed by atoms with Gasteiger partial charge in [0.15, 0.2) is 11.5 Å². The fourth-order valence-corrected chi connectivity index (χ4v) is 5.86. The van der Waals surface area contributed by atoms with E-state index >= 15 is 0 Å². The summed E-state index contributed by atoms with van der Waals surface area (Å²) in [6.45, 7) is 0.136. The van der Waals surface area contributed by atoms with Crippen molar-refractivity contribution in [3.8, 4) is 11.5 Å². The van der Waals surface area contributed by atoms with Crippen molar-refractivity contribution in [3.05, 3.63) is 89.5 Å². The van der Waals surface area contributed by atoms with Crippen LogP contribution < -0.4 is 10.6 Å². The molecule has 2 fully saturated rings. The number of carbonyl (C=O) groups excluding carboxylic acids is 3. The number of para-hydroxylation sites is 1. The second-order valence-corrected chi connectivity index (χ2v) is 9.34. The Balaban J connectivity index is 1.44. The number of amides is 3. The van der Waals surface area contributed by atoms with E-state index in [4.69, 9.17) is 0 Å². The minimum absolute atomic E-state index is 0.136. The molecule has 35 heavy (non-hydrogen) atoms. The van der Waals surface area contributed by atoms with E-state index in [9.17, 15) is 24.6 Å². The van der Waals surface area contributed by atoms with Gasteiger partial charge in [0, 0.05) is 17.3 Å². The van der Waals surface area contributed by atoms with E-state index in [2.05, 4.69) is 10.6 Å². The van der Waals surface area contributed by atoms with E-state index in [0.29, 0.717) is 16.8 Å². The summed E-state index contributed by atoms with van der Waals surface area (Å²) < 4.78 is 0. The van der Waals surface area contributed by atoms with E-state index in [0.717, 1.165) is 5.56 Å². The molecule has 8 nitrogen and oxygen atoms in total. The van der Waals surface area contributed by atoms with Gasteiger partial charge in [-0.3, -0.25) is 24.6 Å². The number of fused-ring (bicyclic) bond motifs is 4. The Morgan fingerprint density at radius 3 is 2.34 bits per heavy atom. The van der Waals surface area contributed by atoms with E-state index in [-0.39, 0.29) is 42.2 Å². The molecule has 8 heteroatoms. The number of anilines is 1. The number of rotatable bonds is 4. The number of carbonyl (C=O) groups is 3. The maximum absolute atomic E-state index is 13.8. The first-order valence-corrected chi connectivity index (χ1v) is 11.5. The van der Waals surface area contributed by atoms with Gasteiger partial charge in [0.05, 0.1) is 18.4 Å². The summed E-state index contributed by atoms with van der Waals surface area (Å²) in [5.74, 6) is -3.23. The zero-order valence-corrected chi connectivity index (χ0v) is 18.6. The highest BCUT2D eigenvalue weighted by molar-refractivity contribution is 6.15. The Morgan fingerprint density at radius 2 is 1.57 bits per heavy atom. The summed E-state index contributed by atoms with van der Waals surface area (Å²) in [5.41, 5.74) is 1.39. The van der Waals surface area contributed by atoms with Crippen molar-refractivity contribution in [1.29, 1.82) is 0 Å². The lowest BCUT2D eigenvalue weighted by molar-refractivity contribution is -0.143.